The summed E-state index contributed by atoms with van der Waals surface area (Å²) in [5.74, 6) is -0.170. The number of Topliss-reactive ketones (excluding diaryl/α,β-unsaturated/α-hetero) is 1. The van der Waals surface area contributed by atoms with Gasteiger partial charge in [0, 0.05) is 35.6 Å². The van der Waals surface area contributed by atoms with Gasteiger partial charge in [0.15, 0.2) is 15.6 Å². The highest BCUT2D eigenvalue weighted by molar-refractivity contribution is 7.90. The van der Waals surface area contributed by atoms with Crippen LogP contribution in [0.2, 0.25) is 5.02 Å². The van der Waals surface area contributed by atoms with Crippen molar-refractivity contribution in [3.63, 3.8) is 0 Å². The Bertz CT molecular complexity index is 1310. The van der Waals surface area contributed by atoms with Gasteiger partial charge in [-0.15, -0.1) is 0 Å². The summed E-state index contributed by atoms with van der Waals surface area (Å²) >= 11 is 5.94. The van der Waals surface area contributed by atoms with Gasteiger partial charge in [-0.2, -0.15) is 0 Å². The van der Waals surface area contributed by atoms with E-state index in [1.165, 1.54) is 12.1 Å². The van der Waals surface area contributed by atoms with Crippen molar-refractivity contribution in [1.82, 2.24) is 9.38 Å². The molecule has 0 aliphatic heterocycles. The van der Waals surface area contributed by atoms with E-state index < -0.39 is 9.84 Å². The van der Waals surface area contributed by atoms with Gasteiger partial charge in [-0.3, -0.25) is 4.79 Å². The first kappa shape index (κ1) is 20.3. The second kappa shape index (κ2) is 8.42. The number of ketones is 1. The zero-order valence-electron chi connectivity index (χ0n) is 16.0. The van der Waals surface area contributed by atoms with Gasteiger partial charge in [-0.1, -0.05) is 41.9 Å². The number of rotatable bonds is 7. The maximum Gasteiger partial charge on any atom is 0.182 e. The summed E-state index contributed by atoms with van der Waals surface area (Å²) in [5.41, 5.74) is 3.02. The molecule has 0 saturated heterocycles. The Hall–Kier alpha value is -2.96. The van der Waals surface area contributed by atoms with E-state index in [2.05, 4.69) is 4.98 Å². The molecule has 152 valence electrons. The van der Waals surface area contributed by atoms with E-state index >= 15 is 0 Å². The highest BCUT2D eigenvalue weighted by Gasteiger charge is 2.16. The molecule has 0 spiro atoms. The molecule has 2 aromatic carbocycles. The monoisotopic (exact) mass is 438 g/mol. The van der Waals surface area contributed by atoms with E-state index in [0.717, 1.165) is 11.2 Å². The third-order valence-corrected chi connectivity index (χ3v) is 6.81. The molecule has 7 heteroatoms. The van der Waals surface area contributed by atoms with Crippen molar-refractivity contribution in [3.8, 4) is 0 Å². The van der Waals surface area contributed by atoms with Crippen molar-refractivity contribution in [2.45, 2.75) is 23.5 Å². The lowest BCUT2D eigenvalue weighted by Crippen LogP contribution is -2.06. The van der Waals surface area contributed by atoms with Crippen LogP contribution >= 0.6 is 11.6 Å². The summed E-state index contributed by atoms with van der Waals surface area (Å²) in [6.45, 7) is 0. The molecule has 0 bridgehead atoms. The average Bonchev–Trinajstić information content (AvgIpc) is 3.20. The van der Waals surface area contributed by atoms with Crippen LogP contribution in [0.4, 0.5) is 0 Å². The molecule has 2 aromatic heterocycles. The lowest BCUT2D eigenvalue weighted by molar-refractivity contribution is 0.0982. The molecule has 0 amide bonds. The molecule has 4 rings (SSSR count). The van der Waals surface area contributed by atoms with Crippen molar-refractivity contribution < 1.29 is 13.2 Å². The number of aryl methyl sites for hydroxylation is 1. The maximum atomic E-state index is 12.7. The number of nitrogens with zero attached hydrogens (tertiary/aromatic N) is 2. The summed E-state index contributed by atoms with van der Waals surface area (Å²) in [5, 5.41) is 0.496. The number of halogens is 1. The zero-order chi connectivity index (χ0) is 21.1. The third kappa shape index (κ3) is 4.61. The fourth-order valence-electron chi connectivity index (χ4n) is 3.29. The van der Waals surface area contributed by atoms with Crippen molar-refractivity contribution in [2.24, 2.45) is 0 Å². The highest BCUT2D eigenvalue weighted by atomic mass is 35.5. The van der Waals surface area contributed by atoms with E-state index in [1.54, 1.807) is 42.6 Å². The highest BCUT2D eigenvalue weighted by Crippen LogP contribution is 2.20. The van der Waals surface area contributed by atoms with Crippen molar-refractivity contribution >= 4 is 32.9 Å². The first-order chi connectivity index (χ1) is 14.4. The van der Waals surface area contributed by atoms with Gasteiger partial charge in [-0.05, 0) is 47.9 Å². The number of carbonyl (C=O) groups excluding carboxylic acids is 1. The van der Waals surface area contributed by atoms with Crippen molar-refractivity contribution in [1.29, 1.82) is 0 Å². The molecule has 2 heterocycles. The smallest absolute Gasteiger partial charge is 0.182 e. The second-order valence-electron chi connectivity index (χ2n) is 7.07. The Morgan fingerprint density at radius 2 is 1.80 bits per heavy atom. The Balaban J connectivity index is 1.42. The van der Waals surface area contributed by atoms with E-state index in [1.807, 2.05) is 28.9 Å². The molecule has 30 heavy (non-hydrogen) atoms. The van der Waals surface area contributed by atoms with E-state index in [0.29, 0.717) is 29.0 Å². The SMILES string of the molecule is O=C(CCc1ccc2nccn2c1)c1ccc(S(=O)(=O)Cc2cccc(Cl)c2)cc1. The zero-order valence-corrected chi connectivity index (χ0v) is 17.6. The quantitative estimate of drug-likeness (QED) is 0.389. The molecule has 0 aliphatic carbocycles. The predicted octanol–water partition coefficient (Wildman–Crippen LogP) is 4.78. The van der Waals surface area contributed by atoms with Gasteiger partial charge in [0.05, 0.1) is 10.6 Å². The predicted molar refractivity (Wildman–Crippen MR) is 117 cm³/mol. The van der Waals surface area contributed by atoms with E-state index in [-0.39, 0.29) is 16.4 Å². The standard InChI is InChI=1S/C23H19ClN2O3S/c24-20-3-1-2-18(14-20)16-30(28,29)21-8-6-19(7-9-21)22(27)10-4-17-5-11-23-25-12-13-26(23)15-17/h1-3,5-9,11-15H,4,10,16H2. The first-order valence-corrected chi connectivity index (χ1v) is 11.5. The number of benzene rings is 2. The summed E-state index contributed by atoms with van der Waals surface area (Å²) in [6.07, 6.45) is 6.49. The van der Waals surface area contributed by atoms with Crippen LogP contribution in [0.5, 0.6) is 0 Å². The number of hydrogen-bond donors (Lipinski definition) is 0. The summed E-state index contributed by atoms with van der Waals surface area (Å²) in [6, 6.07) is 16.8. The minimum Gasteiger partial charge on any atom is -0.307 e. The van der Waals surface area contributed by atoms with Gasteiger partial charge in [0.2, 0.25) is 0 Å². The fraction of sp³-hybridized carbons (Fsp3) is 0.130. The number of imidazole rings is 1. The third-order valence-electron chi connectivity index (χ3n) is 4.87. The molecular weight excluding hydrogens is 420 g/mol. The molecule has 0 fully saturated rings. The van der Waals surface area contributed by atoms with Crippen LogP contribution in [0.15, 0.2) is 84.1 Å². The van der Waals surface area contributed by atoms with Crippen LogP contribution in [0.25, 0.3) is 5.65 Å². The van der Waals surface area contributed by atoms with Crippen molar-refractivity contribution in [2.75, 3.05) is 0 Å². The Morgan fingerprint density at radius 3 is 2.57 bits per heavy atom. The normalized spacial score (nSPS) is 11.6. The van der Waals surface area contributed by atoms with Gasteiger partial charge in [-0.25, -0.2) is 13.4 Å². The molecule has 0 saturated carbocycles. The van der Waals surface area contributed by atoms with Crippen LogP contribution in [0, 0.1) is 0 Å². The number of sulfone groups is 1. The lowest BCUT2D eigenvalue weighted by atomic mass is 10.0. The van der Waals surface area contributed by atoms with Crippen LogP contribution in [0.3, 0.4) is 0 Å². The Morgan fingerprint density at radius 1 is 1.00 bits per heavy atom. The van der Waals surface area contributed by atoms with E-state index in [4.69, 9.17) is 11.6 Å². The Kier molecular flexibility index (Phi) is 5.70. The number of pyridine rings is 1. The second-order valence-corrected chi connectivity index (χ2v) is 9.49. The topological polar surface area (TPSA) is 68.5 Å². The fourth-order valence-corrected chi connectivity index (χ4v) is 4.84. The minimum absolute atomic E-state index is 0.0282. The van der Waals surface area contributed by atoms with Gasteiger partial charge >= 0.3 is 0 Å². The van der Waals surface area contributed by atoms with Crippen LogP contribution in [-0.4, -0.2) is 23.6 Å². The van der Waals surface area contributed by atoms with Crippen LogP contribution in [-0.2, 0) is 22.0 Å². The molecule has 0 atom stereocenters. The Labute approximate surface area is 179 Å². The van der Waals surface area contributed by atoms with Gasteiger partial charge in [0.25, 0.3) is 0 Å². The summed E-state index contributed by atoms with van der Waals surface area (Å²) in [4.78, 5) is 16.9. The number of fused-ring (bicyclic) bond motifs is 1. The van der Waals surface area contributed by atoms with Crippen LogP contribution in [0.1, 0.15) is 27.9 Å². The largest absolute Gasteiger partial charge is 0.307 e. The summed E-state index contributed by atoms with van der Waals surface area (Å²) in [7, 11) is -3.52. The van der Waals surface area contributed by atoms with Crippen molar-refractivity contribution in [3.05, 3.63) is 101 Å². The molecule has 0 aliphatic rings. The molecule has 0 N–H and O–H groups in total. The molecule has 5 nitrogen and oxygen atoms in total. The molecule has 4 aromatic rings. The number of hydrogen-bond acceptors (Lipinski definition) is 4. The first-order valence-electron chi connectivity index (χ1n) is 9.43. The lowest BCUT2D eigenvalue weighted by Gasteiger charge is -2.07. The molecule has 0 radical (unpaired) electrons. The number of aromatic nitrogens is 2. The molecular formula is C23H19ClN2O3S. The minimum atomic E-state index is -3.52. The van der Waals surface area contributed by atoms with Gasteiger partial charge < -0.3 is 4.40 Å². The maximum absolute atomic E-state index is 12.7. The molecule has 0 unspecified atom stereocenters. The van der Waals surface area contributed by atoms with E-state index in [9.17, 15) is 13.2 Å². The average molecular weight is 439 g/mol. The van der Waals surface area contributed by atoms with Crippen LogP contribution < -0.4 is 0 Å². The number of carbonyl (C=O) groups is 1. The summed E-state index contributed by atoms with van der Waals surface area (Å²) < 4.78 is 27.2. The van der Waals surface area contributed by atoms with Gasteiger partial charge in [0.1, 0.15) is 5.65 Å².